The van der Waals surface area contributed by atoms with Gasteiger partial charge in [-0.1, -0.05) is 36.4 Å². The molecule has 2 aromatic rings. The lowest BCUT2D eigenvalue weighted by molar-refractivity contribution is 0.686. The van der Waals surface area contributed by atoms with Crippen molar-refractivity contribution in [2.24, 2.45) is 0 Å². The van der Waals surface area contributed by atoms with Crippen molar-refractivity contribution in [3.63, 3.8) is 0 Å². The van der Waals surface area contributed by atoms with E-state index in [2.05, 4.69) is 0 Å². The smallest absolute Gasteiger partial charge is 0.103 e. The first-order chi connectivity index (χ1) is 6.83. The number of hydrogen-bond acceptors (Lipinski definition) is 1. The number of fused-ring (bicyclic) bond motifs is 1. The van der Waals surface area contributed by atoms with Gasteiger partial charge in [-0.05, 0) is 16.8 Å². The average molecular weight is 225 g/mol. The minimum absolute atomic E-state index is 0.147. The van der Waals surface area contributed by atoms with Crippen LogP contribution in [0.1, 0.15) is 0 Å². The quantitative estimate of drug-likeness (QED) is 0.717. The van der Waals surface area contributed by atoms with Gasteiger partial charge < -0.3 is 0 Å². The molecule has 0 heterocycles. The number of benzene rings is 2. The maximum absolute atomic E-state index is 11.6. The maximum Gasteiger partial charge on any atom is 0.103 e. The van der Waals surface area contributed by atoms with Gasteiger partial charge in [0.15, 0.2) is 0 Å². The Hall–Kier alpha value is -0.860. The zero-order valence-corrected chi connectivity index (χ0v) is 9.02. The zero-order chi connectivity index (χ0) is 9.97. The third-order valence-corrected chi connectivity index (χ3v) is 3.73. The summed E-state index contributed by atoms with van der Waals surface area (Å²) < 4.78 is 11.6. The fraction of sp³-hybridized carbons (Fsp3) is 0.0909. The van der Waals surface area contributed by atoms with Crippen LogP contribution in [0.4, 0.5) is 0 Å². The Morgan fingerprint density at radius 1 is 1.07 bits per heavy atom. The molecule has 14 heavy (non-hydrogen) atoms. The zero-order valence-electron chi connectivity index (χ0n) is 7.44. The Morgan fingerprint density at radius 2 is 1.79 bits per heavy atom. The standard InChI is InChI=1S/C11H9ClOS/c12-8-14(13)11-7-3-5-9-4-1-2-6-10(9)11/h1-7H,8H2. The van der Waals surface area contributed by atoms with Crippen LogP contribution in [-0.2, 0) is 10.8 Å². The van der Waals surface area contributed by atoms with Gasteiger partial charge in [-0.15, -0.1) is 11.6 Å². The summed E-state index contributed by atoms with van der Waals surface area (Å²) in [5, 5.41) is 2.27. The molecule has 2 aromatic carbocycles. The third kappa shape index (κ3) is 1.68. The van der Waals surface area contributed by atoms with E-state index in [1.807, 2.05) is 42.5 Å². The molecule has 0 amide bonds. The van der Waals surface area contributed by atoms with Crippen LogP contribution in [-0.4, -0.2) is 9.42 Å². The van der Waals surface area contributed by atoms with E-state index in [1.54, 1.807) is 0 Å². The molecule has 0 spiro atoms. The van der Waals surface area contributed by atoms with Crippen molar-refractivity contribution < 1.29 is 4.21 Å². The summed E-state index contributed by atoms with van der Waals surface area (Å²) in [6.45, 7) is 0. The fourth-order valence-corrected chi connectivity index (χ4v) is 2.58. The number of halogens is 1. The van der Waals surface area contributed by atoms with E-state index in [9.17, 15) is 4.21 Å². The molecular formula is C11H9ClOS. The van der Waals surface area contributed by atoms with E-state index >= 15 is 0 Å². The second-order valence-corrected chi connectivity index (χ2v) is 4.94. The van der Waals surface area contributed by atoms with Crippen LogP contribution < -0.4 is 0 Å². The first-order valence-corrected chi connectivity index (χ1v) is 6.10. The van der Waals surface area contributed by atoms with Crippen molar-refractivity contribution in [2.75, 3.05) is 5.21 Å². The number of alkyl halides is 1. The molecule has 1 nitrogen and oxygen atoms in total. The molecular weight excluding hydrogens is 216 g/mol. The minimum Gasteiger partial charge on any atom is -0.253 e. The molecule has 1 atom stereocenters. The highest BCUT2D eigenvalue weighted by Crippen LogP contribution is 2.21. The summed E-state index contributed by atoms with van der Waals surface area (Å²) >= 11 is 5.59. The second kappa shape index (κ2) is 4.11. The van der Waals surface area contributed by atoms with Crippen LogP contribution >= 0.6 is 11.6 Å². The largest absolute Gasteiger partial charge is 0.253 e. The molecule has 0 saturated carbocycles. The van der Waals surface area contributed by atoms with Crippen LogP contribution in [0.25, 0.3) is 10.8 Å². The Kier molecular flexibility index (Phi) is 2.85. The topological polar surface area (TPSA) is 17.1 Å². The summed E-state index contributed by atoms with van der Waals surface area (Å²) in [5.41, 5.74) is 0. The van der Waals surface area contributed by atoms with Crippen molar-refractivity contribution in [3.05, 3.63) is 42.5 Å². The molecule has 0 saturated heterocycles. The van der Waals surface area contributed by atoms with Crippen LogP contribution in [0.2, 0.25) is 0 Å². The van der Waals surface area contributed by atoms with Gasteiger partial charge in [0.2, 0.25) is 0 Å². The van der Waals surface area contributed by atoms with Crippen molar-refractivity contribution >= 4 is 33.2 Å². The highest BCUT2D eigenvalue weighted by atomic mass is 35.5. The molecule has 0 aromatic heterocycles. The Morgan fingerprint density at radius 3 is 2.57 bits per heavy atom. The van der Waals surface area contributed by atoms with E-state index in [-0.39, 0.29) is 5.21 Å². The van der Waals surface area contributed by atoms with Crippen molar-refractivity contribution in [3.8, 4) is 0 Å². The van der Waals surface area contributed by atoms with Gasteiger partial charge in [-0.3, -0.25) is 4.21 Å². The SMILES string of the molecule is O=S(CCl)c1cccc2ccccc12. The predicted molar refractivity (Wildman–Crippen MR) is 61.1 cm³/mol. The van der Waals surface area contributed by atoms with E-state index in [1.165, 1.54) is 0 Å². The Labute approximate surface area is 90.2 Å². The number of rotatable bonds is 2. The Bertz CT molecular complexity index is 476. The highest BCUT2D eigenvalue weighted by molar-refractivity contribution is 7.86. The van der Waals surface area contributed by atoms with E-state index in [0.29, 0.717) is 0 Å². The highest BCUT2D eigenvalue weighted by Gasteiger charge is 2.05. The molecule has 2 rings (SSSR count). The molecule has 0 radical (unpaired) electrons. The molecule has 0 aliphatic heterocycles. The Balaban J connectivity index is 2.71. The van der Waals surface area contributed by atoms with Gasteiger partial charge in [0.05, 0.1) is 10.8 Å². The lowest BCUT2D eigenvalue weighted by Gasteiger charge is -2.03. The second-order valence-electron chi connectivity index (χ2n) is 2.93. The maximum atomic E-state index is 11.6. The third-order valence-electron chi connectivity index (χ3n) is 2.09. The molecule has 3 heteroatoms. The molecule has 72 valence electrons. The fourth-order valence-electron chi connectivity index (χ4n) is 1.45. The molecule has 0 aliphatic rings. The molecule has 1 unspecified atom stereocenters. The van der Waals surface area contributed by atoms with Crippen LogP contribution in [0.3, 0.4) is 0 Å². The lowest BCUT2D eigenvalue weighted by Crippen LogP contribution is -1.92. The van der Waals surface area contributed by atoms with Gasteiger partial charge >= 0.3 is 0 Å². The summed E-state index contributed by atoms with van der Waals surface area (Å²) in [6, 6.07) is 13.7. The van der Waals surface area contributed by atoms with E-state index in [4.69, 9.17) is 11.6 Å². The van der Waals surface area contributed by atoms with Crippen LogP contribution in [0, 0.1) is 0 Å². The first-order valence-electron chi connectivity index (χ1n) is 4.25. The predicted octanol–water partition coefficient (Wildman–Crippen LogP) is 3.14. The monoisotopic (exact) mass is 224 g/mol. The van der Waals surface area contributed by atoms with Crippen molar-refractivity contribution in [1.29, 1.82) is 0 Å². The normalized spacial score (nSPS) is 12.9. The summed E-state index contributed by atoms with van der Waals surface area (Å²) in [7, 11) is -1.10. The van der Waals surface area contributed by atoms with Crippen molar-refractivity contribution in [1.82, 2.24) is 0 Å². The average Bonchev–Trinajstić information content (AvgIpc) is 2.27. The van der Waals surface area contributed by atoms with Crippen LogP contribution in [0.15, 0.2) is 47.4 Å². The van der Waals surface area contributed by atoms with Gasteiger partial charge in [0.1, 0.15) is 5.21 Å². The lowest BCUT2D eigenvalue weighted by atomic mass is 10.1. The molecule has 0 bridgehead atoms. The minimum atomic E-state index is -1.10. The van der Waals surface area contributed by atoms with Crippen LogP contribution in [0.5, 0.6) is 0 Å². The molecule has 0 fully saturated rings. The molecule has 0 aliphatic carbocycles. The molecule has 0 N–H and O–H groups in total. The van der Waals surface area contributed by atoms with Gasteiger partial charge in [0.25, 0.3) is 0 Å². The van der Waals surface area contributed by atoms with E-state index < -0.39 is 10.8 Å². The van der Waals surface area contributed by atoms with E-state index in [0.717, 1.165) is 15.7 Å². The first kappa shape index (κ1) is 9.69. The van der Waals surface area contributed by atoms with Crippen molar-refractivity contribution in [2.45, 2.75) is 4.90 Å². The summed E-state index contributed by atoms with van der Waals surface area (Å²) in [5.74, 6) is 0. The van der Waals surface area contributed by atoms with Gasteiger partial charge in [-0.25, -0.2) is 0 Å². The summed E-state index contributed by atoms with van der Waals surface area (Å²) in [6.07, 6.45) is 0. The van der Waals surface area contributed by atoms with Gasteiger partial charge in [0, 0.05) is 4.90 Å². The number of hydrogen-bond donors (Lipinski definition) is 0. The summed E-state index contributed by atoms with van der Waals surface area (Å²) in [4.78, 5) is 0.818. The van der Waals surface area contributed by atoms with Gasteiger partial charge in [-0.2, -0.15) is 0 Å².